The van der Waals surface area contributed by atoms with E-state index in [1.54, 1.807) is 0 Å². The minimum atomic E-state index is 0.480. The van der Waals surface area contributed by atoms with Crippen LogP contribution in [-0.2, 0) is 0 Å². The van der Waals surface area contributed by atoms with Gasteiger partial charge in [0.15, 0.2) is 0 Å². The Balaban J connectivity index is 2.01. The van der Waals surface area contributed by atoms with Gasteiger partial charge in [-0.05, 0) is 43.7 Å². The van der Waals surface area contributed by atoms with Gasteiger partial charge >= 0.3 is 0 Å². The summed E-state index contributed by atoms with van der Waals surface area (Å²) in [5.74, 6) is 0.890. The third-order valence-corrected chi connectivity index (χ3v) is 4.30. The largest absolute Gasteiger partial charge is 0.307 e. The second-order valence-electron chi connectivity index (χ2n) is 5.45. The average molecular weight is 231 g/mol. The lowest BCUT2D eigenvalue weighted by Crippen LogP contribution is -2.34. The number of aryl methyl sites for hydroxylation is 1. The Morgan fingerprint density at radius 1 is 1.29 bits per heavy atom. The van der Waals surface area contributed by atoms with Crippen LogP contribution in [0.15, 0.2) is 24.3 Å². The summed E-state index contributed by atoms with van der Waals surface area (Å²) in [5.41, 5.74) is 2.85. The zero-order valence-electron chi connectivity index (χ0n) is 11.4. The van der Waals surface area contributed by atoms with E-state index < -0.39 is 0 Å². The molecular weight excluding hydrogens is 206 g/mol. The van der Waals surface area contributed by atoms with Crippen LogP contribution in [0, 0.1) is 12.8 Å². The molecule has 0 radical (unpaired) electrons. The molecule has 0 spiro atoms. The lowest BCUT2D eigenvalue weighted by molar-refractivity contribution is 0.360. The summed E-state index contributed by atoms with van der Waals surface area (Å²) in [7, 11) is 0. The highest BCUT2D eigenvalue weighted by atomic mass is 15.0. The Kier molecular flexibility index (Phi) is 4.22. The van der Waals surface area contributed by atoms with Gasteiger partial charge in [0.25, 0.3) is 0 Å². The van der Waals surface area contributed by atoms with E-state index in [9.17, 15) is 0 Å². The van der Waals surface area contributed by atoms with Crippen molar-refractivity contribution >= 4 is 0 Å². The van der Waals surface area contributed by atoms with Crippen LogP contribution < -0.4 is 5.32 Å². The summed E-state index contributed by atoms with van der Waals surface area (Å²) in [6.07, 6.45) is 5.48. The number of hydrogen-bond donors (Lipinski definition) is 1. The number of benzene rings is 1. The first kappa shape index (κ1) is 12.6. The van der Waals surface area contributed by atoms with Crippen LogP contribution in [0.5, 0.6) is 0 Å². The Morgan fingerprint density at radius 2 is 2.06 bits per heavy atom. The van der Waals surface area contributed by atoms with Crippen LogP contribution in [0.25, 0.3) is 0 Å². The van der Waals surface area contributed by atoms with Gasteiger partial charge in [0.05, 0.1) is 0 Å². The van der Waals surface area contributed by atoms with Crippen LogP contribution in [0.1, 0.15) is 56.7 Å². The Bertz CT molecular complexity index is 358. The summed E-state index contributed by atoms with van der Waals surface area (Å²) < 4.78 is 0. The molecule has 1 fully saturated rings. The summed E-state index contributed by atoms with van der Waals surface area (Å²) in [6.45, 7) is 6.83. The lowest BCUT2D eigenvalue weighted by Gasteiger charge is -2.25. The maximum absolute atomic E-state index is 3.84. The number of rotatable bonds is 4. The molecule has 1 heteroatoms. The van der Waals surface area contributed by atoms with Gasteiger partial charge < -0.3 is 5.32 Å². The van der Waals surface area contributed by atoms with E-state index in [2.05, 4.69) is 50.4 Å². The summed E-state index contributed by atoms with van der Waals surface area (Å²) in [4.78, 5) is 0. The average Bonchev–Trinajstić information content (AvgIpc) is 2.76. The Labute approximate surface area is 106 Å². The van der Waals surface area contributed by atoms with Crippen molar-refractivity contribution in [2.45, 2.75) is 58.5 Å². The minimum Gasteiger partial charge on any atom is -0.307 e. The molecule has 0 saturated heterocycles. The zero-order valence-corrected chi connectivity index (χ0v) is 11.4. The van der Waals surface area contributed by atoms with Crippen LogP contribution in [0.2, 0.25) is 0 Å². The molecule has 1 N–H and O–H groups in total. The van der Waals surface area contributed by atoms with Crippen molar-refractivity contribution in [3.05, 3.63) is 35.4 Å². The topological polar surface area (TPSA) is 12.0 Å². The smallest absolute Gasteiger partial charge is 0.0297 e. The van der Waals surface area contributed by atoms with Crippen molar-refractivity contribution in [2.24, 2.45) is 5.92 Å². The van der Waals surface area contributed by atoms with Crippen molar-refractivity contribution in [1.29, 1.82) is 0 Å². The van der Waals surface area contributed by atoms with Crippen LogP contribution >= 0.6 is 0 Å². The molecule has 0 heterocycles. The van der Waals surface area contributed by atoms with E-state index in [1.165, 1.54) is 36.8 Å². The van der Waals surface area contributed by atoms with Crippen LogP contribution in [-0.4, -0.2) is 6.04 Å². The Morgan fingerprint density at radius 3 is 2.76 bits per heavy atom. The molecule has 2 unspecified atom stereocenters. The van der Waals surface area contributed by atoms with Gasteiger partial charge in [-0.3, -0.25) is 0 Å². The predicted octanol–water partition coefficient (Wildman–Crippen LogP) is 4.22. The van der Waals surface area contributed by atoms with E-state index in [1.807, 2.05) is 0 Å². The van der Waals surface area contributed by atoms with E-state index in [4.69, 9.17) is 0 Å². The maximum atomic E-state index is 3.84. The second-order valence-corrected chi connectivity index (χ2v) is 5.45. The number of nitrogens with one attached hydrogen (secondary N) is 1. The molecule has 1 aromatic carbocycles. The third-order valence-electron chi connectivity index (χ3n) is 4.30. The van der Waals surface area contributed by atoms with Crippen LogP contribution in [0.4, 0.5) is 0 Å². The fourth-order valence-electron chi connectivity index (χ4n) is 3.23. The predicted molar refractivity (Wildman–Crippen MR) is 74.1 cm³/mol. The van der Waals surface area contributed by atoms with E-state index in [-0.39, 0.29) is 0 Å². The first-order chi connectivity index (χ1) is 8.22. The van der Waals surface area contributed by atoms with Crippen molar-refractivity contribution < 1.29 is 0 Å². The van der Waals surface area contributed by atoms with Crippen molar-refractivity contribution in [2.75, 3.05) is 0 Å². The summed E-state index contributed by atoms with van der Waals surface area (Å²) >= 11 is 0. The molecule has 0 aliphatic heterocycles. The lowest BCUT2D eigenvalue weighted by atomic mass is 9.97. The second kappa shape index (κ2) is 5.68. The molecule has 3 atom stereocenters. The molecule has 1 nitrogen and oxygen atoms in total. The standard InChI is InChI=1S/C16H25N/c1-4-14-9-7-11-16(14)17-13(3)15-10-6-5-8-12(15)2/h5-6,8,10,13-14,16-17H,4,7,9,11H2,1-3H3/t13-,14?,16?/m1/s1. The third kappa shape index (κ3) is 2.90. The maximum Gasteiger partial charge on any atom is 0.0297 e. The van der Waals surface area contributed by atoms with Gasteiger partial charge in [0, 0.05) is 12.1 Å². The molecule has 94 valence electrons. The molecule has 0 amide bonds. The van der Waals surface area contributed by atoms with Crippen molar-refractivity contribution in [1.82, 2.24) is 5.32 Å². The first-order valence-electron chi connectivity index (χ1n) is 7.04. The highest BCUT2D eigenvalue weighted by molar-refractivity contribution is 5.28. The van der Waals surface area contributed by atoms with Gasteiger partial charge in [0.1, 0.15) is 0 Å². The van der Waals surface area contributed by atoms with Crippen molar-refractivity contribution in [3.8, 4) is 0 Å². The monoisotopic (exact) mass is 231 g/mol. The normalized spacial score (nSPS) is 26.1. The number of hydrogen-bond acceptors (Lipinski definition) is 1. The highest BCUT2D eigenvalue weighted by Crippen LogP contribution is 2.30. The molecule has 1 aliphatic carbocycles. The molecule has 17 heavy (non-hydrogen) atoms. The van der Waals surface area contributed by atoms with Crippen molar-refractivity contribution in [3.63, 3.8) is 0 Å². The summed E-state index contributed by atoms with van der Waals surface area (Å²) in [6, 6.07) is 9.94. The van der Waals surface area contributed by atoms with Gasteiger partial charge in [-0.15, -0.1) is 0 Å². The Hall–Kier alpha value is -0.820. The quantitative estimate of drug-likeness (QED) is 0.818. The summed E-state index contributed by atoms with van der Waals surface area (Å²) in [5, 5.41) is 3.84. The SMILES string of the molecule is CCC1CCCC1N[C@H](C)c1ccccc1C. The van der Waals surface area contributed by atoms with Crippen LogP contribution in [0.3, 0.4) is 0 Å². The zero-order chi connectivity index (χ0) is 12.3. The highest BCUT2D eigenvalue weighted by Gasteiger charge is 2.26. The molecule has 0 bridgehead atoms. The molecule has 1 saturated carbocycles. The van der Waals surface area contributed by atoms with E-state index in [0.717, 1.165) is 12.0 Å². The van der Waals surface area contributed by atoms with Gasteiger partial charge in [-0.1, -0.05) is 44.0 Å². The molecule has 0 aromatic heterocycles. The van der Waals surface area contributed by atoms with E-state index in [0.29, 0.717) is 6.04 Å². The van der Waals surface area contributed by atoms with Gasteiger partial charge in [-0.2, -0.15) is 0 Å². The molecule has 1 aromatic rings. The molecular formula is C16H25N. The minimum absolute atomic E-state index is 0.480. The van der Waals surface area contributed by atoms with Gasteiger partial charge in [0.2, 0.25) is 0 Å². The molecule has 2 rings (SSSR count). The molecule has 1 aliphatic rings. The fourth-order valence-corrected chi connectivity index (χ4v) is 3.23. The first-order valence-corrected chi connectivity index (χ1v) is 7.04. The van der Waals surface area contributed by atoms with Gasteiger partial charge in [-0.25, -0.2) is 0 Å². The fraction of sp³-hybridized carbons (Fsp3) is 0.625. The van der Waals surface area contributed by atoms with E-state index >= 15 is 0 Å².